The molecule has 3 aliphatic rings. The molecule has 0 unspecified atom stereocenters. The van der Waals surface area contributed by atoms with Gasteiger partial charge in [-0.3, -0.25) is 19.3 Å². The first kappa shape index (κ1) is 15.4. The Morgan fingerprint density at radius 2 is 1.79 bits per heavy atom. The van der Waals surface area contributed by atoms with Crippen LogP contribution >= 0.6 is 0 Å². The fourth-order valence-electron chi connectivity index (χ4n) is 4.00. The Morgan fingerprint density at radius 3 is 2.50 bits per heavy atom. The number of rotatable bonds is 3. The topological polar surface area (TPSA) is 83.7 Å². The Labute approximate surface area is 139 Å². The molecule has 7 heteroatoms. The smallest absolute Gasteiger partial charge is 0.242 e. The van der Waals surface area contributed by atoms with Crippen LogP contribution in [-0.2, 0) is 27.2 Å². The summed E-state index contributed by atoms with van der Waals surface area (Å²) in [7, 11) is 0. The van der Waals surface area contributed by atoms with Gasteiger partial charge in [0.1, 0.15) is 12.3 Å². The fraction of sp³-hybridized carbons (Fsp3) is 0.647. The quantitative estimate of drug-likeness (QED) is 0.772. The van der Waals surface area contributed by atoms with Crippen LogP contribution in [0.5, 0.6) is 0 Å². The van der Waals surface area contributed by atoms with Gasteiger partial charge in [-0.2, -0.15) is 0 Å². The molecule has 0 radical (unpaired) electrons. The van der Waals surface area contributed by atoms with Crippen molar-refractivity contribution in [2.45, 2.75) is 50.9 Å². The van der Waals surface area contributed by atoms with Crippen LogP contribution in [0.2, 0.25) is 0 Å². The van der Waals surface area contributed by atoms with Crippen LogP contribution in [0.3, 0.4) is 0 Å². The van der Waals surface area contributed by atoms with E-state index in [-0.39, 0.29) is 37.1 Å². The Kier molecular flexibility index (Phi) is 3.86. The van der Waals surface area contributed by atoms with Gasteiger partial charge < -0.3 is 9.42 Å². The number of piperidine rings is 1. The molecule has 3 heterocycles. The molecule has 1 aliphatic carbocycles. The predicted octanol–water partition coefficient (Wildman–Crippen LogP) is 1.02. The summed E-state index contributed by atoms with van der Waals surface area (Å²) < 4.78 is 5.56. The Hall–Kier alpha value is -2.18. The molecule has 3 amide bonds. The van der Waals surface area contributed by atoms with Gasteiger partial charge in [0.05, 0.1) is 5.69 Å². The summed E-state index contributed by atoms with van der Waals surface area (Å²) in [6.07, 6.45) is 5.34. The molecule has 0 bridgehead atoms. The molecule has 24 heavy (non-hydrogen) atoms. The highest BCUT2D eigenvalue weighted by atomic mass is 16.5. The molecule has 0 N–H and O–H groups in total. The van der Waals surface area contributed by atoms with E-state index in [4.69, 9.17) is 4.52 Å². The van der Waals surface area contributed by atoms with Gasteiger partial charge >= 0.3 is 0 Å². The summed E-state index contributed by atoms with van der Waals surface area (Å²) in [4.78, 5) is 38.5. The number of carbonyl (C=O) groups is 3. The van der Waals surface area contributed by atoms with Crippen LogP contribution in [0.4, 0.5) is 0 Å². The number of amides is 3. The molecular formula is C17H21N3O4. The van der Waals surface area contributed by atoms with Gasteiger partial charge in [0.15, 0.2) is 0 Å². The molecule has 1 aromatic rings. The third-order valence-electron chi connectivity index (χ3n) is 5.41. The Morgan fingerprint density at radius 1 is 1.08 bits per heavy atom. The number of likely N-dealkylation sites (tertiary alicyclic amines) is 2. The lowest BCUT2D eigenvalue weighted by molar-refractivity contribution is -0.146. The lowest BCUT2D eigenvalue weighted by atomic mass is 9.91. The van der Waals surface area contributed by atoms with E-state index >= 15 is 0 Å². The van der Waals surface area contributed by atoms with Crippen molar-refractivity contribution < 1.29 is 18.9 Å². The first-order chi connectivity index (χ1) is 11.6. The van der Waals surface area contributed by atoms with E-state index in [1.54, 1.807) is 4.90 Å². The second-order valence-electron chi connectivity index (χ2n) is 6.85. The van der Waals surface area contributed by atoms with Crippen LogP contribution < -0.4 is 0 Å². The summed E-state index contributed by atoms with van der Waals surface area (Å²) in [6.45, 7) is 1.16. The minimum absolute atomic E-state index is 0.111. The van der Waals surface area contributed by atoms with Gasteiger partial charge in [0.25, 0.3) is 0 Å². The molecule has 7 nitrogen and oxygen atoms in total. The van der Waals surface area contributed by atoms with Gasteiger partial charge in [-0.15, -0.1) is 0 Å². The molecule has 4 rings (SSSR count). The van der Waals surface area contributed by atoms with E-state index in [9.17, 15) is 14.4 Å². The largest absolute Gasteiger partial charge is 0.361 e. The SMILES string of the molecule is O=C(CN1C(=O)CCC1=O)N1CCC(c2onc3c2CCC3)CC1. The van der Waals surface area contributed by atoms with E-state index in [0.29, 0.717) is 19.0 Å². The molecule has 2 fully saturated rings. The predicted molar refractivity (Wildman–Crippen MR) is 83.0 cm³/mol. The van der Waals surface area contributed by atoms with Crippen LogP contribution in [0.1, 0.15) is 55.0 Å². The highest BCUT2D eigenvalue weighted by Crippen LogP contribution is 2.35. The van der Waals surface area contributed by atoms with Crippen molar-refractivity contribution in [1.82, 2.24) is 15.0 Å². The summed E-state index contributed by atoms with van der Waals surface area (Å²) in [5.41, 5.74) is 2.39. The molecule has 0 atom stereocenters. The third kappa shape index (κ3) is 2.61. The average Bonchev–Trinajstić information content (AvgIpc) is 3.27. The molecule has 128 valence electrons. The zero-order chi connectivity index (χ0) is 16.7. The van der Waals surface area contributed by atoms with Gasteiger partial charge in [-0.1, -0.05) is 5.16 Å². The Bertz CT molecular complexity index is 672. The normalized spacial score (nSPS) is 21.7. The first-order valence-corrected chi connectivity index (χ1v) is 8.72. The summed E-state index contributed by atoms with van der Waals surface area (Å²) in [6, 6.07) is 0. The van der Waals surface area contributed by atoms with Crippen molar-refractivity contribution >= 4 is 17.7 Å². The average molecular weight is 331 g/mol. The van der Waals surface area contributed by atoms with Crippen LogP contribution in [0, 0.1) is 0 Å². The second-order valence-corrected chi connectivity index (χ2v) is 6.85. The number of hydrogen-bond donors (Lipinski definition) is 0. The van der Waals surface area contributed by atoms with Crippen molar-refractivity contribution in [3.8, 4) is 0 Å². The molecule has 1 aromatic heterocycles. The van der Waals surface area contributed by atoms with E-state index in [1.165, 1.54) is 5.56 Å². The number of hydrogen-bond acceptors (Lipinski definition) is 5. The Balaban J connectivity index is 1.35. The van der Waals surface area contributed by atoms with Crippen molar-refractivity contribution in [2.75, 3.05) is 19.6 Å². The molecule has 0 spiro atoms. The lowest BCUT2D eigenvalue weighted by Gasteiger charge is -2.32. The van der Waals surface area contributed by atoms with Crippen molar-refractivity contribution in [2.24, 2.45) is 0 Å². The number of carbonyl (C=O) groups excluding carboxylic acids is 3. The fourth-order valence-corrected chi connectivity index (χ4v) is 4.00. The van der Waals surface area contributed by atoms with E-state index in [2.05, 4.69) is 5.16 Å². The number of aromatic nitrogens is 1. The molecule has 0 aromatic carbocycles. The van der Waals surface area contributed by atoms with E-state index in [1.807, 2.05) is 0 Å². The maximum atomic E-state index is 12.4. The van der Waals surface area contributed by atoms with Crippen molar-refractivity contribution in [3.05, 3.63) is 17.0 Å². The molecular weight excluding hydrogens is 310 g/mol. The minimum atomic E-state index is -0.236. The molecule has 2 saturated heterocycles. The second kappa shape index (κ2) is 6.03. The summed E-state index contributed by atoms with van der Waals surface area (Å²) >= 11 is 0. The highest BCUT2D eigenvalue weighted by Gasteiger charge is 2.34. The maximum absolute atomic E-state index is 12.4. The van der Waals surface area contributed by atoms with Crippen molar-refractivity contribution in [1.29, 1.82) is 0 Å². The minimum Gasteiger partial charge on any atom is -0.361 e. The number of aryl methyl sites for hydroxylation is 1. The van der Waals surface area contributed by atoms with Crippen molar-refractivity contribution in [3.63, 3.8) is 0 Å². The number of nitrogens with zero attached hydrogens (tertiary/aromatic N) is 3. The summed E-state index contributed by atoms with van der Waals surface area (Å²) in [5, 5.41) is 4.17. The van der Waals surface area contributed by atoms with Gasteiger partial charge in [-0.05, 0) is 32.1 Å². The standard InChI is InChI=1S/C17H21N3O4/c21-14-4-5-15(22)20(14)10-16(23)19-8-6-11(7-9-19)17-12-2-1-3-13(12)18-24-17/h11H,1-10H2. The van der Waals surface area contributed by atoms with Crippen LogP contribution in [0.25, 0.3) is 0 Å². The highest BCUT2D eigenvalue weighted by molar-refractivity contribution is 6.04. The maximum Gasteiger partial charge on any atom is 0.242 e. The lowest BCUT2D eigenvalue weighted by Crippen LogP contribution is -2.45. The first-order valence-electron chi connectivity index (χ1n) is 8.72. The van der Waals surface area contributed by atoms with Gasteiger partial charge in [-0.25, -0.2) is 0 Å². The monoisotopic (exact) mass is 331 g/mol. The van der Waals surface area contributed by atoms with E-state index < -0.39 is 0 Å². The summed E-state index contributed by atoms with van der Waals surface area (Å²) in [5.74, 6) is 0.721. The van der Waals surface area contributed by atoms with Gasteiger partial charge in [0.2, 0.25) is 17.7 Å². The third-order valence-corrected chi connectivity index (χ3v) is 5.41. The molecule has 0 saturated carbocycles. The molecule has 2 aliphatic heterocycles. The van der Waals surface area contributed by atoms with E-state index in [0.717, 1.165) is 48.5 Å². The zero-order valence-electron chi connectivity index (χ0n) is 13.6. The number of imide groups is 1. The van der Waals surface area contributed by atoms with Crippen LogP contribution in [-0.4, -0.2) is 52.3 Å². The zero-order valence-corrected chi connectivity index (χ0v) is 13.6. The van der Waals surface area contributed by atoms with Crippen LogP contribution in [0.15, 0.2) is 4.52 Å². The number of fused-ring (bicyclic) bond motifs is 1. The van der Waals surface area contributed by atoms with Gasteiger partial charge in [0, 0.05) is 37.4 Å².